The van der Waals surface area contributed by atoms with Gasteiger partial charge in [-0.05, 0) is 59.7 Å². The first-order valence-electron chi connectivity index (χ1n) is 11.3. The number of hydrogen-bond donors (Lipinski definition) is 1. The highest BCUT2D eigenvalue weighted by molar-refractivity contribution is 5.94. The van der Waals surface area contributed by atoms with Gasteiger partial charge in [-0.1, -0.05) is 24.3 Å². The van der Waals surface area contributed by atoms with Gasteiger partial charge in [0.2, 0.25) is 5.91 Å². The van der Waals surface area contributed by atoms with E-state index in [1.165, 1.54) is 17.2 Å². The summed E-state index contributed by atoms with van der Waals surface area (Å²) in [4.78, 5) is 16.3. The molecule has 1 atom stereocenters. The molecule has 2 heterocycles. The summed E-state index contributed by atoms with van der Waals surface area (Å²) in [5, 5.41) is 2.04. The topological polar surface area (TPSA) is 58.8 Å². The Hall–Kier alpha value is -2.96. The molecular weight excluding hydrogens is 405 g/mol. The zero-order valence-electron chi connectivity index (χ0n) is 18.1. The lowest BCUT2D eigenvalue weighted by atomic mass is 9.93. The van der Waals surface area contributed by atoms with Crippen molar-refractivity contribution in [3.63, 3.8) is 0 Å². The molecule has 2 aliphatic rings. The summed E-state index contributed by atoms with van der Waals surface area (Å²) < 4.78 is 19.9. The third-order valence-electron chi connectivity index (χ3n) is 6.71. The van der Waals surface area contributed by atoms with Gasteiger partial charge in [-0.2, -0.15) is 0 Å². The predicted octanol–water partition coefficient (Wildman–Crippen LogP) is 3.90. The second-order valence-electron chi connectivity index (χ2n) is 8.65. The number of rotatable bonds is 5. The third-order valence-corrected chi connectivity index (χ3v) is 6.71. The first-order valence-corrected chi connectivity index (χ1v) is 11.3. The molecule has 1 saturated heterocycles. The molecule has 5 rings (SSSR count). The Balaban J connectivity index is 1.21. The van der Waals surface area contributed by atoms with Crippen LogP contribution in [0.25, 0.3) is 10.8 Å². The molecule has 0 aromatic heterocycles. The number of halogens is 1. The van der Waals surface area contributed by atoms with E-state index < -0.39 is 0 Å². The Morgan fingerprint density at radius 2 is 1.91 bits per heavy atom. The first-order chi connectivity index (χ1) is 15.6. The van der Waals surface area contributed by atoms with E-state index in [0.717, 1.165) is 62.0 Å². The Bertz CT molecular complexity index is 1140. The molecular formula is C26H28FN3O2. The number of ether oxygens (including phenoxy) is 1. The number of anilines is 1. The van der Waals surface area contributed by atoms with Gasteiger partial charge in [0.1, 0.15) is 5.82 Å². The predicted molar refractivity (Wildman–Crippen MR) is 125 cm³/mol. The number of nitrogens with two attached hydrogens (primary N) is 1. The summed E-state index contributed by atoms with van der Waals surface area (Å²) >= 11 is 0. The Morgan fingerprint density at radius 3 is 2.72 bits per heavy atom. The quantitative estimate of drug-likeness (QED) is 0.663. The molecule has 3 aromatic carbocycles. The molecule has 6 heteroatoms. The number of benzene rings is 3. The number of hydrogen-bond acceptors (Lipinski definition) is 4. The van der Waals surface area contributed by atoms with Crippen LogP contribution in [-0.2, 0) is 11.2 Å². The van der Waals surface area contributed by atoms with Crippen molar-refractivity contribution in [2.75, 3.05) is 44.2 Å². The first kappa shape index (κ1) is 20.9. The second kappa shape index (κ2) is 8.88. The number of piperazine rings is 1. The van der Waals surface area contributed by atoms with Gasteiger partial charge in [-0.25, -0.2) is 4.39 Å². The zero-order valence-corrected chi connectivity index (χ0v) is 18.1. The fourth-order valence-electron chi connectivity index (χ4n) is 4.95. The maximum atomic E-state index is 13.8. The van der Waals surface area contributed by atoms with Crippen LogP contribution in [0.15, 0.2) is 54.6 Å². The lowest BCUT2D eigenvalue weighted by Crippen LogP contribution is -2.47. The maximum absolute atomic E-state index is 13.8. The molecule has 3 aromatic rings. The lowest BCUT2D eigenvalue weighted by molar-refractivity contribution is 0.0289. The van der Waals surface area contributed by atoms with Gasteiger partial charge in [0.25, 0.3) is 0 Å². The molecule has 2 aliphatic heterocycles. The van der Waals surface area contributed by atoms with Gasteiger partial charge in [-0.3, -0.25) is 9.69 Å². The SMILES string of the molecule is NC(=O)c1ccc2c(c1)CCOC2CCN1CCN(c2cccc3ccc(F)cc23)CC1. The number of carbonyl (C=O) groups excluding carboxylic acids is 1. The largest absolute Gasteiger partial charge is 0.373 e. The zero-order chi connectivity index (χ0) is 22.1. The van der Waals surface area contributed by atoms with E-state index >= 15 is 0 Å². The van der Waals surface area contributed by atoms with Gasteiger partial charge in [-0.15, -0.1) is 0 Å². The van der Waals surface area contributed by atoms with E-state index in [2.05, 4.69) is 15.9 Å². The van der Waals surface area contributed by atoms with Crippen molar-refractivity contribution in [2.24, 2.45) is 5.73 Å². The molecule has 1 fully saturated rings. The van der Waals surface area contributed by atoms with E-state index in [-0.39, 0.29) is 17.8 Å². The van der Waals surface area contributed by atoms with Crippen LogP contribution in [0, 0.1) is 5.82 Å². The van der Waals surface area contributed by atoms with Crippen LogP contribution in [0.1, 0.15) is 34.0 Å². The highest BCUT2D eigenvalue weighted by Crippen LogP contribution is 2.31. The van der Waals surface area contributed by atoms with Crippen LogP contribution >= 0.6 is 0 Å². The van der Waals surface area contributed by atoms with Crippen molar-refractivity contribution in [2.45, 2.75) is 18.9 Å². The highest BCUT2D eigenvalue weighted by Gasteiger charge is 2.24. The van der Waals surface area contributed by atoms with Crippen molar-refractivity contribution in [3.05, 3.63) is 77.1 Å². The van der Waals surface area contributed by atoms with Crippen LogP contribution in [0.5, 0.6) is 0 Å². The summed E-state index contributed by atoms with van der Waals surface area (Å²) in [7, 11) is 0. The van der Waals surface area contributed by atoms with Crippen LogP contribution in [0.4, 0.5) is 10.1 Å². The van der Waals surface area contributed by atoms with Crippen molar-refractivity contribution in [1.29, 1.82) is 0 Å². The van der Waals surface area contributed by atoms with Crippen LogP contribution in [-0.4, -0.2) is 50.1 Å². The Kier molecular flexibility index (Phi) is 5.81. The van der Waals surface area contributed by atoms with E-state index in [0.29, 0.717) is 12.2 Å². The molecule has 0 bridgehead atoms. The van der Waals surface area contributed by atoms with E-state index in [1.807, 2.05) is 30.3 Å². The lowest BCUT2D eigenvalue weighted by Gasteiger charge is -2.37. The van der Waals surface area contributed by atoms with E-state index in [9.17, 15) is 9.18 Å². The molecule has 1 unspecified atom stereocenters. The normalized spacial score (nSPS) is 19.2. The molecule has 2 N–H and O–H groups in total. The third kappa shape index (κ3) is 4.20. The maximum Gasteiger partial charge on any atom is 0.248 e. The van der Waals surface area contributed by atoms with Crippen molar-refractivity contribution in [3.8, 4) is 0 Å². The van der Waals surface area contributed by atoms with E-state index in [1.54, 1.807) is 12.1 Å². The minimum atomic E-state index is -0.386. The standard InChI is InChI=1S/C26H28FN3O2/c27-21-6-4-18-2-1-3-24(23(18)17-21)30-13-11-29(12-14-30)10-8-25-22-7-5-20(26(28)31)16-19(22)9-15-32-25/h1-7,16-17,25H,8-15H2,(H2,28,31). The van der Waals surface area contributed by atoms with E-state index in [4.69, 9.17) is 10.5 Å². The molecule has 0 saturated carbocycles. The monoisotopic (exact) mass is 433 g/mol. The summed E-state index contributed by atoms with van der Waals surface area (Å²) in [6.45, 7) is 5.39. The summed E-state index contributed by atoms with van der Waals surface area (Å²) in [6.07, 6.45) is 1.79. The summed E-state index contributed by atoms with van der Waals surface area (Å²) in [6, 6.07) is 16.9. The number of nitrogens with zero attached hydrogens (tertiary/aromatic N) is 2. The fraction of sp³-hybridized carbons (Fsp3) is 0.346. The average molecular weight is 434 g/mol. The smallest absolute Gasteiger partial charge is 0.248 e. The van der Waals surface area contributed by atoms with Crippen molar-refractivity contribution in [1.82, 2.24) is 4.90 Å². The van der Waals surface area contributed by atoms with Crippen LogP contribution in [0.2, 0.25) is 0 Å². The second-order valence-corrected chi connectivity index (χ2v) is 8.65. The Morgan fingerprint density at radius 1 is 1.06 bits per heavy atom. The van der Waals surface area contributed by atoms with Crippen molar-refractivity contribution < 1.29 is 13.9 Å². The number of primary amides is 1. The molecule has 0 aliphatic carbocycles. The minimum Gasteiger partial charge on any atom is -0.373 e. The molecule has 0 spiro atoms. The fourth-order valence-corrected chi connectivity index (χ4v) is 4.95. The van der Waals surface area contributed by atoms with Crippen LogP contribution in [0.3, 0.4) is 0 Å². The molecule has 166 valence electrons. The van der Waals surface area contributed by atoms with Gasteiger partial charge in [0.15, 0.2) is 0 Å². The number of fused-ring (bicyclic) bond motifs is 2. The number of amides is 1. The van der Waals surface area contributed by atoms with Gasteiger partial charge >= 0.3 is 0 Å². The minimum absolute atomic E-state index is 0.0553. The van der Waals surface area contributed by atoms with Crippen LogP contribution < -0.4 is 10.6 Å². The Labute approximate surface area is 187 Å². The molecule has 0 radical (unpaired) electrons. The summed E-state index contributed by atoms with van der Waals surface area (Å²) in [5.74, 6) is -0.582. The molecule has 5 nitrogen and oxygen atoms in total. The molecule has 1 amide bonds. The average Bonchev–Trinajstić information content (AvgIpc) is 2.82. The van der Waals surface area contributed by atoms with Crippen molar-refractivity contribution >= 4 is 22.4 Å². The van der Waals surface area contributed by atoms with Gasteiger partial charge in [0.05, 0.1) is 12.7 Å². The number of carbonyl (C=O) groups is 1. The highest BCUT2D eigenvalue weighted by atomic mass is 19.1. The molecule has 32 heavy (non-hydrogen) atoms. The van der Waals surface area contributed by atoms with Gasteiger partial charge in [0, 0.05) is 49.4 Å². The van der Waals surface area contributed by atoms with Gasteiger partial charge < -0.3 is 15.4 Å². The summed E-state index contributed by atoms with van der Waals surface area (Å²) in [5.41, 5.74) is 9.45.